The molecule has 0 unspecified atom stereocenters. The fourth-order valence-corrected chi connectivity index (χ4v) is 2.62. The largest absolute Gasteiger partial charge is 0.480 e. The molecule has 2 rings (SSSR count). The fourth-order valence-electron chi connectivity index (χ4n) is 2.62. The Labute approximate surface area is 125 Å². The zero-order chi connectivity index (χ0) is 15.1. The van der Waals surface area contributed by atoms with E-state index in [0.717, 1.165) is 13.1 Å². The van der Waals surface area contributed by atoms with Gasteiger partial charge in [0.25, 0.3) is 0 Å². The van der Waals surface area contributed by atoms with Crippen molar-refractivity contribution in [3.05, 3.63) is 18.3 Å². The molecule has 0 aromatic carbocycles. The molecule has 6 nitrogen and oxygen atoms in total. The number of aromatic nitrogens is 1. The molecule has 21 heavy (non-hydrogen) atoms. The lowest BCUT2D eigenvalue weighted by molar-refractivity contribution is 0.162. The Morgan fingerprint density at radius 1 is 1.52 bits per heavy atom. The van der Waals surface area contributed by atoms with Crippen LogP contribution >= 0.6 is 0 Å². The van der Waals surface area contributed by atoms with Gasteiger partial charge in [-0.25, -0.2) is 9.78 Å². The molecule has 1 atom stereocenters. The summed E-state index contributed by atoms with van der Waals surface area (Å²) in [6.45, 7) is 4.90. The van der Waals surface area contributed by atoms with Gasteiger partial charge in [0.1, 0.15) is 5.69 Å². The van der Waals surface area contributed by atoms with E-state index < -0.39 is 0 Å². The zero-order valence-corrected chi connectivity index (χ0v) is 12.8. The highest BCUT2D eigenvalue weighted by Gasteiger charge is 2.17. The summed E-state index contributed by atoms with van der Waals surface area (Å²) in [6, 6.07) is 3.90. The van der Waals surface area contributed by atoms with Gasteiger partial charge in [0, 0.05) is 25.3 Å². The quantitative estimate of drug-likeness (QED) is 0.872. The van der Waals surface area contributed by atoms with Gasteiger partial charge in [-0.1, -0.05) is 6.42 Å². The summed E-state index contributed by atoms with van der Waals surface area (Å²) in [5.74, 6) is 0.414. The van der Waals surface area contributed by atoms with Crippen molar-refractivity contribution in [2.45, 2.75) is 32.2 Å². The number of hydrogen-bond acceptors (Lipinski definition) is 4. The number of hydrogen-bond donors (Lipinski definition) is 2. The van der Waals surface area contributed by atoms with E-state index in [-0.39, 0.29) is 6.03 Å². The summed E-state index contributed by atoms with van der Waals surface area (Å²) >= 11 is 0. The number of nitrogens with one attached hydrogen (secondary N) is 2. The van der Waals surface area contributed by atoms with Crippen molar-refractivity contribution in [3.8, 4) is 5.88 Å². The summed E-state index contributed by atoms with van der Waals surface area (Å²) in [7, 11) is 1.53. The summed E-state index contributed by atoms with van der Waals surface area (Å²) in [5, 5.41) is 5.63. The van der Waals surface area contributed by atoms with Crippen molar-refractivity contribution in [1.29, 1.82) is 0 Å². The first-order valence-corrected chi connectivity index (χ1v) is 7.48. The van der Waals surface area contributed by atoms with Crippen LogP contribution in [-0.4, -0.2) is 48.7 Å². The highest BCUT2D eigenvalue weighted by Crippen LogP contribution is 2.19. The summed E-state index contributed by atoms with van der Waals surface area (Å²) < 4.78 is 5.10. The van der Waals surface area contributed by atoms with Gasteiger partial charge in [-0.15, -0.1) is 0 Å². The number of urea groups is 1. The van der Waals surface area contributed by atoms with Crippen LogP contribution in [0.3, 0.4) is 0 Å². The Morgan fingerprint density at radius 3 is 3.14 bits per heavy atom. The zero-order valence-electron chi connectivity index (χ0n) is 12.8. The lowest BCUT2D eigenvalue weighted by Crippen LogP contribution is -2.43. The second-order valence-electron chi connectivity index (χ2n) is 5.32. The molecule has 0 spiro atoms. The third-order valence-corrected chi connectivity index (χ3v) is 3.84. The Kier molecular flexibility index (Phi) is 5.80. The SMILES string of the molecule is COc1ncccc1NC(=O)NCCN1CCCC[C@@H]1C. The topological polar surface area (TPSA) is 66.5 Å². The molecular weight excluding hydrogens is 268 g/mol. The van der Waals surface area contributed by atoms with Gasteiger partial charge in [-0.2, -0.15) is 0 Å². The molecule has 2 amide bonds. The molecule has 0 radical (unpaired) electrons. The van der Waals surface area contributed by atoms with E-state index in [4.69, 9.17) is 4.74 Å². The number of carbonyl (C=O) groups excluding carboxylic acids is 1. The van der Waals surface area contributed by atoms with E-state index >= 15 is 0 Å². The van der Waals surface area contributed by atoms with Crippen molar-refractivity contribution in [3.63, 3.8) is 0 Å². The second kappa shape index (κ2) is 7.83. The number of anilines is 1. The minimum absolute atomic E-state index is 0.231. The molecule has 0 aliphatic carbocycles. The number of ether oxygens (including phenoxy) is 1. The van der Waals surface area contributed by atoms with Crippen LogP contribution in [0.5, 0.6) is 5.88 Å². The van der Waals surface area contributed by atoms with Crippen LogP contribution in [0.25, 0.3) is 0 Å². The maximum atomic E-state index is 11.9. The van der Waals surface area contributed by atoms with Gasteiger partial charge in [-0.3, -0.25) is 4.90 Å². The predicted octanol–water partition coefficient (Wildman–Crippen LogP) is 2.09. The van der Waals surface area contributed by atoms with E-state index in [1.807, 2.05) is 0 Å². The summed E-state index contributed by atoms with van der Waals surface area (Å²) in [6.07, 6.45) is 5.44. The second-order valence-corrected chi connectivity index (χ2v) is 5.32. The third-order valence-electron chi connectivity index (χ3n) is 3.84. The average Bonchev–Trinajstić information content (AvgIpc) is 2.50. The van der Waals surface area contributed by atoms with Crippen LogP contribution in [0.2, 0.25) is 0 Å². The number of likely N-dealkylation sites (tertiary alicyclic amines) is 1. The standard InChI is InChI=1S/C15H24N4O2/c1-12-6-3-4-10-19(12)11-9-17-15(20)18-13-7-5-8-16-14(13)21-2/h5,7-8,12H,3-4,6,9-11H2,1-2H3,(H2,17,18,20)/t12-/m0/s1. The lowest BCUT2D eigenvalue weighted by Gasteiger charge is -2.33. The first-order valence-electron chi connectivity index (χ1n) is 7.48. The molecule has 1 aromatic rings. The van der Waals surface area contributed by atoms with E-state index in [1.54, 1.807) is 18.3 Å². The number of piperidine rings is 1. The van der Waals surface area contributed by atoms with E-state index in [0.29, 0.717) is 24.2 Å². The maximum absolute atomic E-state index is 11.9. The number of carbonyl (C=O) groups is 1. The van der Waals surface area contributed by atoms with Crippen molar-refractivity contribution in [2.75, 3.05) is 32.1 Å². The van der Waals surface area contributed by atoms with E-state index in [9.17, 15) is 4.79 Å². The van der Waals surface area contributed by atoms with Crippen molar-refractivity contribution >= 4 is 11.7 Å². The first kappa shape index (κ1) is 15.6. The third kappa shape index (κ3) is 4.60. The Morgan fingerprint density at radius 2 is 2.38 bits per heavy atom. The van der Waals surface area contributed by atoms with Gasteiger partial charge in [0.15, 0.2) is 0 Å². The minimum atomic E-state index is -0.231. The van der Waals surface area contributed by atoms with E-state index in [1.165, 1.54) is 26.4 Å². The predicted molar refractivity (Wildman–Crippen MR) is 82.7 cm³/mol. The molecular formula is C15H24N4O2. The van der Waals surface area contributed by atoms with Gasteiger partial charge in [0.05, 0.1) is 7.11 Å². The molecule has 1 aliphatic heterocycles. The van der Waals surface area contributed by atoms with Crippen LogP contribution in [0, 0.1) is 0 Å². The molecule has 1 saturated heterocycles. The highest BCUT2D eigenvalue weighted by atomic mass is 16.5. The minimum Gasteiger partial charge on any atom is -0.480 e. The summed E-state index contributed by atoms with van der Waals surface area (Å²) in [4.78, 5) is 18.3. The Balaban J connectivity index is 1.74. The van der Waals surface area contributed by atoms with Gasteiger partial charge >= 0.3 is 6.03 Å². The molecule has 1 fully saturated rings. The molecule has 6 heteroatoms. The van der Waals surface area contributed by atoms with Crippen LogP contribution in [0.1, 0.15) is 26.2 Å². The normalized spacial score (nSPS) is 19.0. The number of amides is 2. The average molecular weight is 292 g/mol. The van der Waals surface area contributed by atoms with Crippen molar-refractivity contribution in [2.24, 2.45) is 0 Å². The number of nitrogens with zero attached hydrogens (tertiary/aromatic N) is 2. The molecule has 116 valence electrons. The van der Waals surface area contributed by atoms with Crippen LogP contribution in [-0.2, 0) is 0 Å². The van der Waals surface area contributed by atoms with Crippen LogP contribution < -0.4 is 15.4 Å². The van der Waals surface area contributed by atoms with Gasteiger partial charge < -0.3 is 15.4 Å². The molecule has 1 aromatic heterocycles. The van der Waals surface area contributed by atoms with Crippen molar-refractivity contribution < 1.29 is 9.53 Å². The molecule has 0 bridgehead atoms. The van der Waals surface area contributed by atoms with Crippen LogP contribution in [0.15, 0.2) is 18.3 Å². The summed E-state index contributed by atoms with van der Waals surface area (Å²) in [5.41, 5.74) is 0.573. The smallest absolute Gasteiger partial charge is 0.319 e. The van der Waals surface area contributed by atoms with Crippen molar-refractivity contribution in [1.82, 2.24) is 15.2 Å². The molecule has 0 saturated carbocycles. The molecule has 2 N–H and O–H groups in total. The first-order chi connectivity index (χ1) is 10.2. The highest BCUT2D eigenvalue weighted by molar-refractivity contribution is 5.90. The number of rotatable bonds is 5. The maximum Gasteiger partial charge on any atom is 0.319 e. The Bertz CT molecular complexity index is 467. The number of pyridine rings is 1. The molecule has 2 heterocycles. The lowest BCUT2D eigenvalue weighted by atomic mass is 10.0. The fraction of sp³-hybridized carbons (Fsp3) is 0.600. The van der Waals surface area contributed by atoms with Crippen LogP contribution in [0.4, 0.5) is 10.5 Å². The number of methoxy groups -OCH3 is 1. The monoisotopic (exact) mass is 292 g/mol. The van der Waals surface area contributed by atoms with Gasteiger partial charge in [-0.05, 0) is 38.4 Å². The Hall–Kier alpha value is -1.82. The van der Waals surface area contributed by atoms with E-state index in [2.05, 4.69) is 27.4 Å². The molecule has 1 aliphatic rings. The van der Waals surface area contributed by atoms with Gasteiger partial charge in [0.2, 0.25) is 5.88 Å².